The Bertz CT molecular complexity index is 700. The first kappa shape index (κ1) is 16.5. The Morgan fingerprint density at radius 2 is 1.64 bits per heavy atom. The molecule has 0 aliphatic heterocycles. The lowest BCUT2D eigenvalue weighted by molar-refractivity contribution is 0.581. The molecule has 0 saturated carbocycles. The van der Waals surface area contributed by atoms with Crippen LogP contribution >= 0.6 is 0 Å². The molecule has 0 amide bonds. The minimum atomic E-state index is -3.43. The van der Waals surface area contributed by atoms with Crippen molar-refractivity contribution in [3.8, 4) is 0 Å². The van der Waals surface area contributed by atoms with Crippen molar-refractivity contribution in [2.45, 2.75) is 18.7 Å². The largest absolute Gasteiger partial charge is 0.370 e. The molecule has 0 atom stereocenters. The SMILES string of the molecule is CCN(CCNS(=O)(=O)c1ccccc1)c1ccccc1C. The molecule has 0 spiro atoms. The van der Waals surface area contributed by atoms with Crippen molar-refractivity contribution in [3.05, 3.63) is 60.2 Å². The van der Waals surface area contributed by atoms with E-state index in [9.17, 15) is 8.42 Å². The van der Waals surface area contributed by atoms with Gasteiger partial charge in [-0.3, -0.25) is 0 Å². The summed E-state index contributed by atoms with van der Waals surface area (Å²) in [6.45, 7) is 5.97. The predicted molar refractivity (Wildman–Crippen MR) is 90.7 cm³/mol. The van der Waals surface area contributed by atoms with Gasteiger partial charge in [-0.1, -0.05) is 36.4 Å². The number of para-hydroxylation sites is 1. The molecule has 0 aromatic heterocycles. The molecule has 2 aromatic carbocycles. The van der Waals surface area contributed by atoms with E-state index in [1.807, 2.05) is 12.1 Å². The summed E-state index contributed by atoms with van der Waals surface area (Å²) in [6, 6.07) is 16.6. The summed E-state index contributed by atoms with van der Waals surface area (Å²) in [7, 11) is -3.43. The third-order valence-electron chi connectivity index (χ3n) is 3.57. The summed E-state index contributed by atoms with van der Waals surface area (Å²) in [4.78, 5) is 2.47. The van der Waals surface area contributed by atoms with Crippen molar-refractivity contribution in [2.75, 3.05) is 24.5 Å². The number of likely N-dealkylation sites (N-methyl/N-ethyl adjacent to an activating group) is 1. The zero-order valence-electron chi connectivity index (χ0n) is 13.0. The molecular weight excluding hydrogens is 296 g/mol. The maximum absolute atomic E-state index is 12.2. The van der Waals surface area contributed by atoms with Crippen molar-refractivity contribution in [1.29, 1.82) is 0 Å². The van der Waals surface area contributed by atoms with Crippen LogP contribution in [0.5, 0.6) is 0 Å². The standard InChI is InChI=1S/C17H22N2O2S/c1-3-19(17-12-8-7-9-15(17)2)14-13-18-22(20,21)16-10-5-4-6-11-16/h4-12,18H,3,13-14H2,1-2H3. The molecule has 5 heteroatoms. The van der Waals surface area contributed by atoms with Gasteiger partial charge in [-0.25, -0.2) is 13.1 Å². The van der Waals surface area contributed by atoms with Crippen LogP contribution in [0.3, 0.4) is 0 Å². The second-order valence-electron chi connectivity index (χ2n) is 5.08. The Kier molecular flexibility index (Phi) is 5.57. The van der Waals surface area contributed by atoms with E-state index in [1.54, 1.807) is 30.3 Å². The summed E-state index contributed by atoms with van der Waals surface area (Å²) in [5, 5.41) is 0. The molecule has 0 aliphatic rings. The second kappa shape index (κ2) is 7.42. The van der Waals surface area contributed by atoms with E-state index in [4.69, 9.17) is 0 Å². The average molecular weight is 318 g/mol. The Morgan fingerprint density at radius 3 is 2.27 bits per heavy atom. The molecule has 0 aliphatic carbocycles. The van der Waals surface area contributed by atoms with Crippen molar-refractivity contribution >= 4 is 15.7 Å². The lowest BCUT2D eigenvalue weighted by atomic mass is 10.2. The smallest absolute Gasteiger partial charge is 0.240 e. The maximum atomic E-state index is 12.2. The van der Waals surface area contributed by atoms with Crippen LogP contribution in [0.1, 0.15) is 12.5 Å². The summed E-state index contributed by atoms with van der Waals surface area (Å²) in [5.41, 5.74) is 2.33. The molecule has 0 fully saturated rings. The van der Waals surface area contributed by atoms with E-state index in [0.717, 1.165) is 12.2 Å². The first-order valence-electron chi connectivity index (χ1n) is 7.40. The Balaban J connectivity index is 1.99. The van der Waals surface area contributed by atoms with E-state index >= 15 is 0 Å². The first-order valence-corrected chi connectivity index (χ1v) is 8.88. The molecule has 22 heavy (non-hydrogen) atoms. The van der Waals surface area contributed by atoms with Gasteiger partial charge in [0.15, 0.2) is 0 Å². The minimum absolute atomic E-state index is 0.300. The summed E-state index contributed by atoms with van der Waals surface area (Å²) in [6.07, 6.45) is 0. The van der Waals surface area contributed by atoms with Crippen LogP contribution in [0.4, 0.5) is 5.69 Å². The van der Waals surface area contributed by atoms with E-state index in [0.29, 0.717) is 18.0 Å². The van der Waals surface area contributed by atoms with Crippen LogP contribution in [-0.2, 0) is 10.0 Å². The predicted octanol–water partition coefficient (Wildman–Crippen LogP) is 2.80. The minimum Gasteiger partial charge on any atom is -0.370 e. The fraction of sp³-hybridized carbons (Fsp3) is 0.294. The summed E-state index contributed by atoms with van der Waals surface area (Å²) >= 11 is 0. The molecule has 0 heterocycles. The number of nitrogens with zero attached hydrogens (tertiary/aromatic N) is 1. The van der Waals surface area contributed by atoms with E-state index in [2.05, 4.69) is 35.6 Å². The summed E-state index contributed by atoms with van der Waals surface area (Å²) in [5.74, 6) is 0. The molecule has 118 valence electrons. The van der Waals surface area contributed by atoms with Crippen LogP contribution < -0.4 is 9.62 Å². The summed E-state index contributed by atoms with van der Waals surface area (Å²) < 4.78 is 27.0. The van der Waals surface area contributed by atoms with Crippen LogP contribution in [0.25, 0.3) is 0 Å². The number of sulfonamides is 1. The van der Waals surface area contributed by atoms with Crippen molar-refractivity contribution in [1.82, 2.24) is 4.72 Å². The first-order chi connectivity index (χ1) is 10.5. The Labute approximate surface area is 132 Å². The highest BCUT2D eigenvalue weighted by Crippen LogP contribution is 2.18. The fourth-order valence-electron chi connectivity index (χ4n) is 2.37. The van der Waals surface area contributed by atoms with Gasteiger partial charge < -0.3 is 4.90 Å². The number of anilines is 1. The van der Waals surface area contributed by atoms with Crippen molar-refractivity contribution in [3.63, 3.8) is 0 Å². The van der Waals surface area contributed by atoms with Gasteiger partial charge in [0, 0.05) is 25.3 Å². The molecule has 0 bridgehead atoms. The van der Waals surface area contributed by atoms with Gasteiger partial charge in [0.25, 0.3) is 0 Å². The van der Waals surface area contributed by atoms with Crippen LogP contribution in [0, 0.1) is 6.92 Å². The van der Waals surface area contributed by atoms with E-state index in [1.165, 1.54) is 5.56 Å². The molecule has 2 aromatic rings. The molecule has 2 rings (SSSR count). The van der Waals surface area contributed by atoms with Crippen molar-refractivity contribution < 1.29 is 8.42 Å². The van der Waals surface area contributed by atoms with Gasteiger partial charge >= 0.3 is 0 Å². The van der Waals surface area contributed by atoms with Gasteiger partial charge in [-0.2, -0.15) is 0 Å². The van der Waals surface area contributed by atoms with Crippen LogP contribution in [0.2, 0.25) is 0 Å². The van der Waals surface area contributed by atoms with Gasteiger partial charge in [-0.15, -0.1) is 0 Å². The van der Waals surface area contributed by atoms with Gasteiger partial charge in [0.2, 0.25) is 10.0 Å². The van der Waals surface area contributed by atoms with Crippen molar-refractivity contribution in [2.24, 2.45) is 0 Å². The van der Waals surface area contributed by atoms with Gasteiger partial charge in [0.05, 0.1) is 4.90 Å². The molecule has 0 unspecified atom stereocenters. The normalized spacial score (nSPS) is 11.4. The average Bonchev–Trinajstić information content (AvgIpc) is 2.53. The third-order valence-corrected chi connectivity index (χ3v) is 5.04. The van der Waals surface area contributed by atoms with E-state index in [-0.39, 0.29) is 0 Å². The highest BCUT2D eigenvalue weighted by Gasteiger charge is 2.13. The maximum Gasteiger partial charge on any atom is 0.240 e. The molecule has 0 saturated heterocycles. The lowest BCUT2D eigenvalue weighted by Crippen LogP contribution is -2.35. The Morgan fingerprint density at radius 1 is 1.00 bits per heavy atom. The van der Waals surface area contributed by atoms with Crippen LogP contribution in [-0.4, -0.2) is 28.1 Å². The monoisotopic (exact) mass is 318 g/mol. The second-order valence-corrected chi connectivity index (χ2v) is 6.84. The number of rotatable bonds is 7. The number of aryl methyl sites for hydroxylation is 1. The number of nitrogens with one attached hydrogen (secondary N) is 1. The van der Waals surface area contributed by atoms with Crippen LogP contribution in [0.15, 0.2) is 59.5 Å². The number of hydrogen-bond acceptors (Lipinski definition) is 3. The van der Waals surface area contributed by atoms with Gasteiger partial charge in [-0.05, 0) is 37.6 Å². The topological polar surface area (TPSA) is 49.4 Å². The molecule has 4 nitrogen and oxygen atoms in total. The highest BCUT2D eigenvalue weighted by molar-refractivity contribution is 7.89. The highest BCUT2D eigenvalue weighted by atomic mass is 32.2. The molecular formula is C17H22N2O2S. The molecule has 0 radical (unpaired) electrons. The number of hydrogen-bond donors (Lipinski definition) is 1. The lowest BCUT2D eigenvalue weighted by Gasteiger charge is -2.25. The zero-order chi connectivity index (χ0) is 16.0. The molecule has 1 N–H and O–H groups in total. The quantitative estimate of drug-likeness (QED) is 0.854. The Hall–Kier alpha value is -1.85. The van der Waals surface area contributed by atoms with Gasteiger partial charge in [0.1, 0.15) is 0 Å². The van der Waals surface area contributed by atoms with E-state index < -0.39 is 10.0 Å². The number of benzene rings is 2. The fourth-order valence-corrected chi connectivity index (χ4v) is 3.41. The third kappa shape index (κ3) is 4.08. The zero-order valence-corrected chi connectivity index (χ0v) is 13.8.